The Labute approximate surface area is 145 Å². The van der Waals surface area contributed by atoms with Crippen LogP contribution in [-0.2, 0) is 0 Å². The van der Waals surface area contributed by atoms with Crippen LogP contribution in [0.1, 0.15) is 28.6 Å². The molecule has 1 atom stereocenters. The van der Waals surface area contributed by atoms with Crippen molar-refractivity contribution in [1.29, 1.82) is 0 Å². The number of nitrogens with zero attached hydrogens (tertiary/aromatic N) is 2. The molecule has 0 unspecified atom stereocenters. The highest BCUT2D eigenvalue weighted by Crippen LogP contribution is 2.41. The summed E-state index contributed by atoms with van der Waals surface area (Å²) in [5.74, 6) is 1.36. The number of fused-ring (bicyclic) bond motifs is 1. The van der Waals surface area contributed by atoms with E-state index in [1.807, 2.05) is 56.3 Å². The minimum Gasteiger partial charge on any atom is -0.410 e. The molecule has 5 heteroatoms. The quantitative estimate of drug-likeness (QED) is 0.693. The monoisotopic (exact) mass is 334 g/mol. The highest BCUT2D eigenvalue weighted by molar-refractivity contribution is 5.77. The lowest BCUT2D eigenvalue weighted by atomic mass is 9.92. The normalized spacial score (nSPS) is 16.5. The van der Waals surface area contributed by atoms with E-state index in [2.05, 4.69) is 11.2 Å². The van der Waals surface area contributed by atoms with Crippen molar-refractivity contribution >= 4 is 6.09 Å². The summed E-state index contributed by atoms with van der Waals surface area (Å²) < 4.78 is 10.8. The first-order valence-corrected chi connectivity index (χ1v) is 8.13. The van der Waals surface area contributed by atoms with Crippen molar-refractivity contribution in [3.8, 4) is 16.9 Å². The number of aromatic nitrogens is 1. The van der Waals surface area contributed by atoms with Gasteiger partial charge in [0.25, 0.3) is 0 Å². The van der Waals surface area contributed by atoms with E-state index in [1.165, 1.54) is 0 Å². The minimum absolute atomic E-state index is 0.196. The van der Waals surface area contributed by atoms with Crippen LogP contribution in [0.3, 0.4) is 0 Å². The summed E-state index contributed by atoms with van der Waals surface area (Å²) in [5, 5.41) is 4.04. The first-order valence-electron chi connectivity index (χ1n) is 8.13. The maximum Gasteiger partial charge on any atom is 0.415 e. The second-order valence-corrected chi connectivity index (χ2v) is 6.24. The highest BCUT2D eigenvalue weighted by Gasteiger charge is 2.33. The zero-order valence-corrected chi connectivity index (χ0v) is 14.3. The molecular formula is C20H18N2O3. The van der Waals surface area contributed by atoms with Crippen LogP contribution in [0, 0.1) is 13.8 Å². The third-order valence-electron chi connectivity index (χ3n) is 4.61. The summed E-state index contributed by atoms with van der Waals surface area (Å²) in [6, 6.07) is 15.6. The molecule has 0 spiro atoms. The molecule has 1 aliphatic rings. The number of ether oxygens (including phenoxy) is 1. The third-order valence-corrected chi connectivity index (χ3v) is 4.61. The van der Waals surface area contributed by atoms with E-state index in [4.69, 9.17) is 9.26 Å². The molecule has 0 saturated heterocycles. The lowest BCUT2D eigenvalue weighted by molar-refractivity contribution is 0.140. The molecule has 3 aromatic rings. The molecule has 1 aromatic heterocycles. The second kappa shape index (κ2) is 5.77. The number of amides is 1. The lowest BCUT2D eigenvalue weighted by Gasteiger charge is -2.34. The Balaban J connectivity index is 1.90. The summed E-state index contributed by atoms with van der Waals surface area (Å²) >= 11 is 0. The predicted octanol–water partition coefficient (Wildman–Crippen LogP) is 4.49. The van der Waals surface area contributed by atoms with Crippen LogP contribution in [0.5, 0.6) is 5.75 Å². The van der Waals surface area contributed by atoms with E-state index in [-0.39, 0.29) is 12.1 Å². The van der Waals surface area contributed by atoms with Gasteiger partial charge in [0.15, 0.2) is 0 Å². The first kappa shape index (κ1) is 15.4. The van der Waals surface area contributed by atoms with Crippen molar-refractivity contribution in [1.82, 2.24) is 10.1 Å². The van der Waals surface area contributed by atoms with Crippen LogP contribution in [0.25, 0.3) is 11.1 Å². The van der Waals surface area contributed by atoms with Crippen molar-refractivity contribution in [2.75, 3.05) is 7.05 Å². The number of hydrogen-bond acceptors (Lipinski definition) is 4. The lowest BCUT2D eigenvalue weighted by Crippen LogP contribution is -2.38. The van der Waals surface area contributed by atoms with Gasteiger partial charge in [-0.25, -0.2) is 4.79 Å². The van der Waals surface area contributed by atoms with Crippen molar-refractivity contribution in [2.45, 2.75) is 19.9 Å². The molecule has 1 aliphatic heterocycles. The van der Waals surface area contributed by atoms with Gasteiger partial charge in [-0.05, 0) is 37.1 Å². The van der Waals surface area contributed by atoms with Gasteiger partial charge in [-0.3, -0.25) is 4.90 Å². The maximum atomic E-state index is 12.2. The number of hydrogen-bond donors (Lipinski definition) is 0. The van der Waals surface area contributed by atoms with Gasteiger partial charge in [0.2, 0.25) is 0 Å². The van der Waals surface area contributed by atoms with E-state index in [0.717, 1.165) is 33.7 Å². The molecule has 0 fully saturated rings. The third kappa shape index (κ3) is 2.48. The van der Waals surface area contributed by atoms with Crippen molar-refractivity contribution in [3.63, 3.8) is 0 Å². The summed E-state index contributed by atoms with van der Waals surface area (Å²) in [5.41, 5.74) is 4.82. The van der Waals surface area contributed by atoms with E-state index in [1.54, 1.807) is 11.9 Å². The van der Waals surface area contributed by atoms with Crippen LogP contribution < -0.4 is 4.74 Å². The first-order chi connectivity index (χ1) is 12.1. The Kier molecular flexibility index (Phi) is 3.57. The van der Waals surface area contributed by atoms with Gasteiger partial charge in [-0.2, -0.15) is 0 Å². The van der Waals surface area contributed by atoms with Gasteiger partial charge in [0, 0.05) is 18.2 Å². The van der Waals surface area contributed by atoms with Crippen LogP contribution in [0.4, 0.5) is 4.79 Å². The van der Waals surface area contributed by atoms with E-state index < -0.39 is 0 Å². The van der Waals surface area contributed by atoms with E-state index >= 15 is 0 Å². The molecule has 0 saturated carbocycles. The van der Waals surface area contributed by atoms with Gasteiger partial charge in [-0.1, -0.05) is 41.6 Å². The Bertz CT molecular complexity index is 927. The van der Waals surface area contributed by atoms with Gasteiger partial charge < -0.3 is 9.26 Å². The summed E-state index contributed by atoms with van der Waals surface area (Å²) in [4.78, 5) is 13.9. The van der Waals surface area contributed by atoms with Gasteiger partial charge in [0.05, 0.1) is 11.7 Å². The van der Waals surface area contributed by atoms with Crippen LogP contribution in [-0.4, -0.2) is 23.2 Å². The van der Waals surface area contributed by atoms with Crippen LogP contribution in [0.2, 0.25) is 0 Å². The SMILES string of the molecule is Cc1noc(C)c1-c1ccc2c(c1)[C@H](c1ccccc1)N(C)C(=O)O2. The molecule has 4 rings (SSSR count). The van der Waals surface area contributed by atoms with Gasteiger partial charge in [0.1, 0.15) is 11.5 Å². The van der Waals surface area contributed by atoms with Crippen molar-refractivity contribution < 1.29 is 14.1 Å². The molecule has 2 heterocycles. The summed E-state index contributed by atoms with van der Waals surface area (Å²) in [6.45, 7) is 3.82. The average Bonchev–Trinajstić information content (AvgIpc) is 2.95. The van der Waals surface area contributed by atoms with Crippen molar-refractivity contribution in [2.24, 2.45) is 0 Å². The Morgan fingerprint density at radius 3 is 2.52 bits per heavy atom. The van der Waals surface area contributed by atoms with Crippen LogP contribution in [0.15, 0.2) is 53.1 Å². The molecule has 0 radical (unpaired) electrons. The topological polar surface area (TPSA) is 55.6 Å². The largest absolute Gasteiger partial charge is 0.415 e. The molecule has 0 bridgehead atoms. The minimum atomic E-state index is -0.355. The summed E-state index contributed by atoms with van der Waals surface area (Å²) in [7, 11) is 1.76. The van der Waals surface area contributed by atoms with E-state index in [9.17, 15) is 4.79 Å². The molecular weight excluding hydrogens is 316 g/mol. The number of aryl methyl sites for hydroxylation is 2. The Hall–Kier alpha value is -3.08. The summed E-state index contributed by atoms with van der Waals surface area (Å²) in [6.07, 6.45) is -0.355. The van der Waals surface area contributed by atoms with E-state index in [0.29, 0.717) is 5.75 Å². The molecule has 1 amide bonds. The number of carbonyl (C=O) groups excluding carboxylic acids is 1. The Morgan fingerprint density at radius 2 is 1.84 bits per heavy atom. The second-order valence-electron chi connectivity index (χ2n) is 6.24. The fourth-order valence-electron chi connectivity index (χ4n) is 3.42. The van der Waals surface area contributed by atoms with Gasteiger partial charge >= 0.3 is 6.09 Å². The smallest absolute Gasteiger partial charge is 0.410 e. The molecule has 25 heavy (non-hydrogen) atoms. The fraction of sp³-hybridized carbons (Fsp3) is 0.200. The average molecular weight is 334 g/mol. The molecule has 5 nitrogen and oxygen atoms in total. The Morgan fingerprint density at radius 1 is 1.08 bits per heavy atom. The predicted molar refractivity (Wildman–Crippen MR) is 93.5 cm³/mol. The zero-order valence-electron chi connectivity index (χ0n) is 14.3. The number of carbonyl (C=O) groups is 1. The standard InChI is InChI=1S/C20H18N2O3/c1-12-18(13(2)25-21-12)15-9-10-17-16(11-15)19(22(3)20(23)24-17)14-7-5-4-6-8-14/h4-11,19H,1-3H3/t19-/m0/s1. The maximum absolute atomic E-state index is 12.2. The van der Waals surface area contributed by atoms with Gasteiger partial charge in [-0.15, -0.1) is 0 Å². The highest BCUT2D eigenvalue weighted by atomic mass is 16.6. The zero-order chi connectivity index (χ0) is 17.6. The fourth-order valence-corrected chi connectivity index (χ4v) is 3.42. The van der Waals surface area contributed by atoms with Crippen molar-refractivity contribution in [3.05, 3.63) is 71.1 Å². The number of rotatable bonds is 2. The molecule has 126 valence electrons. The molecule has 0 aliphatic carbocycles. The molecule has 0 N–H and O–H groups in total. The van der Waals surface area contributed by atoms with Crippen LogP contribution >= 0.6 is 0 Å². The molecule has 2 aromatic carbocycles. The number of benzene rings is 2.